The lowest BCUT2D eigenvalue weighted by atomic mass is 9.83. The summed E-state index contributed by atoms with van der Waals surface area (Å²) in [6.45, 7) is 9.52. The van der Waals surface area contributed by atoms with Gasteiger partial charge in [-0.05, 0) is 45.4 Å². The summed E-state index contributed by atoms with van der Waals surface area (Å²) in [4.78, 5) is 4.44. The van der Waals surface area contributed by atoms with Crippen molar-refractivity contribution in [3.05, 3.63) is 0 Å². The second-order valence-electron chi connectivity index (χ2n) is 6.23. The maximum absolute atomic E-state index is 5.84. The standard InChI is InChI=1S/C13H27N3.HI/c1-10-5-7-11(8-6-10)9-15-12(14)16-13(2,3)4;/h10-11H,5-9H2,1-4H3,(H3,14,15,16);1H. The average molecular weight is 353 g/mol. The molecule has 3 nitrogen and oxygen atoms in total. The molecule has 1 aliphatic carbocycles. The number of hydrogen-bond acceptors (Lipinski definition) is 1. The molecule has 0 atom stereocenters. The van der Waals surface area contributed by atoms with Gasteiger partial charge in [0.25, 0.3) is 0 Å². The van der Waals surface area contributed by atoms with Crippen LogP contribution in [-0.2, 0) is 0 Å². The molecule has 0 aromatic rings. The van der Waals surface area contributed by atoms with Crippen molar-refractivity contribution in [2.24, 2.45) is 22.6 Å². The van der Waals surface area contributed by atoms with Crippen LogP contribution in [0.4, 0.5) is 0 Å². The number of nitrogens with one attached hydrogen (secondary N) is 1. The number of rotatable bonds is 2. The van der Waals surface area contributed by atoms with Gasteiger partial charge in [0.05, 0.1) is 0 Å². The Hall–Kier alpha value is 0. The lowest BCUT2D eigenvalue weighted by molar-refractivity contribution is 0.296. The van der Waals surface area contributed by atoms with Crippen LogP contribution in [0.15, 0.2) is 4.99 Å². The first-order chi connectivity index (χ1) is 7.37. The van der Waals surface area contributed by atoms with Crippen LogP contribution in [0.1, 0.15) is 53.4 Å². The van der Waals surface area contributed by atoms with E-state index in [1.165, 1.54) is 25.7 Å². The van der Waals surface area contributed by atoms with Crippen molar-refractivity contribution in [2.75, 3.05) is 6.54 Å². The monoisotopic (exact) mass is 353 g/mol. The summed E-state index contributed by atoms with van der Waals surface area (Å²) in [7, 11) is 0. The largest absolute Gasteiger partial charge is 0.370 e. The first kappa shape index (κ1) is 17.0. The molecule has 1 rings (SSSR count). The zero-order valence-corrected chi connectivity index (χ0v) is 14.0. The topological polar surface area (TPSA) is 50.4 Å². The van der Waals surface area contributed by atoms with Gasteiger partial charge in [0.1, 0.15) is 0 Å². The van der Waals surface area contributed by atoms with Gasteiger partial charge in [-0.2, -0.15) is 0 Å². The van der Waals surface area contributed by atoms with Crippen molar-refractivity contribution in [1.29, 1.82) is 0 Å². The van der Waals surface area contributed by atoms with Gasteiger partial charge in [-0.3, -0.25) is 4.99 Å². The zero-order chi connectivity index (χ0) is 12.2. The SMILES string of the molecule is CC1CCC(CN=C(N)NC(C)(C)C)CC1.I. The smallest absolute Gasteiger partial charge is 0.188 e. The summed E-state index contributed by atoms with van der Waals surface area (Å²) in [6.07, 6.45) is 5.33. The fraction of sp³-hybridized carbons (Fsp3) is 0.923. The Balaban J connectivity index is 0.00000256. The molecule has 0 saturated heterocycles. The second kappa shape index (κ2) is 7.44. The normalized spacial score (nSPS) is 26.2. The number of nitrogens with zero attached hydrogens (tertiary/aromatic N) is 1. The molecule has 0 aromatic carbocycles. The highest BCUT2D eigenvalue weighted by molar-refractivity contribution is 14.0. The second-order valence-corrected chi connectivity index (χ2v) is 6.23. The fourth-order valence-electron chi connectivity index (χ4n) is 2.16. The summed E-state index contributed by atoms with van der Waals surface area (Å²) in [6, 6.07) is 0. The Labute approximate surface area is 123 Å². The molecule has 3 N–H and O–H groups in total. The minimum atomic E-state index is 0. The van der Waals surface area contributed by atoms with Gasteiger partial charge in [-0.25, -0.2) is 0 Å². The Kier molecular flexibility index (Phi) is 7.44. The average Bonchev–Trinajstić information content (AvgIpc) is 2.14. The number of halogens is 1. The molecular weight excluding hydrogens is 325 g/mol. The van der Waals surface area contributed by atoms with E-state index in [1.54, 1.807) is 0 Å². The van der Waals surface area contributed by atoms with Crippen molar-refractivity contribution in [2.45, 2.75) is 58.9 Å². The lowest BCUT2D eigenvalue weighted by Gasteiger charge is -2.25. The highest BCUT2D eigenvalue weighted by Crippen LogP contribution is 2.28. The van der Waals surface area contributed by atoms with E-state index < -0.39 is 0 Å². The molecule has 4 heteroatoms. The third-order valence-electron chi connectivity index (χ3n) is 3.16. The molecule has 0 unspecified atom stereocenters. The van der Waals surface area contributed by atoms with E-state index in [2.05, 4.69) is 38.0 Å². The van der Waals surface area contributed by atoms with Gasteiger partial charge in [-0.1, -0.05) is 19.8 Å². The minimum Gasteiger partial charge on any atom is -0.370 e. The number of aliphatic imine (C=N–C) groups is 1. The molecule has 1 saturated carbocycles. The van der Waals surface area contributed by atoms with Crippen molar-refractivity contribution in [3.8, 4) is 0 Å². The molecule has 0 heterocycles. The Morgan fingerprint density at radius 1 is 1.24 bits per heavy atom. The summed E-state index contributed by atoms with van der Waals surface area (Å²) in [5.74, 6) is 2.24. The van der Waals surface area contributed by atoms with Crippen LogP contribution in [0, 0.1) is 11.8 Å². The fourth-order valence-corrected chi connectivity index (χ4v) is 2.16. The van der Waals surface area contributed by atoms with Crippen LogP contribution in [0.25, 0.3) is 0 Å². The van der Waals surface area contributed by atoms with E-state index in [0.29, 0.717) is 5.96 Å². The third-order valence-corrected chi connectivity index (χ3v) is 3.16. The minimum absolute atomic E-state index is 0. The quantitative estimate of drug-likeness (QED) is 0.455. The Bertz CT molecular complexity index is 238. The van der Waals surface area contributed by atoms with Gasteiger partial charge in [0.15, 0.2) is 5.96 Å². The van der Waals surface area contributed by atoms with Crippen LogP contribution < -0.4 is 11.1 Å². The summed E-state index contributed by atoms with van der Waals surface area (Å²) in [5, 5.41) is 3.20. The summed E-state index contributed by atoms with van der Waals surface area (Å²) in [5.41, 5.74) is 5.85. The van der Waals surface area contributed by atoms with Gasteiger partial charge >= 0.3 is 0 Å². The van der Waals surface area contributed by atoms with Crippen LogP contribution in [-0.4, -0.2) is 18.0 Å². The molecule has 0 aliphatic heterocycles. The van der Waals surface area contributed by atoms with Crippen molar-refractivity contribution in [1.82, 2.24) is 5.32 Å². The molecule has 0 aromatic heterocycles. The molecule has 0 spiro atoms. The summed E-state index contributed by atoms with van der Waals surface area (Å²) >= 11 is 0. The predicted molar refractivity (Wildman–Crippen MR) is 85.9 cm³/mol. The molecule has 1 aliphatic rings. The van der Waals surface area contributed by atoms with E-state index in [9.17, 15) is 0 Å². The Morgan fingerprint density at radius 2 is 1.76 bits per heavy atom. The maximum Gasteiger partial charge on any atom is 0.188 e. The summed E-state index contributed by atoms with van der Waals surface area (Å²) < 4.78 is 0. The van der Waals surface area contributed by atoms with Crippen molar-refractivity contribution >= 4 is 29.9 Å². The molecule has 0 bridgehead atoms. The molecule has 102 valence electrons. The van der Waals surface area contributed by atoms with E-state index in [4.69, 9.17) is 5.73 Å². The third kappa shape index (κ3) is 7.84. The number of hydrogen-bond donors (Lipinski definition) is 2. The van der Waals surface area contributed by atoms with E-state index >= 15 is 0 Å². The number of nitrogens with two attached hydrogens (primary N) is 1. The predicted octanol–water partition coefficient (Wildman–Crippen LogP) is 3.13. The van der Waals surface area contributed by atoms with E-state index in [-0.39, 0.29) is 29.5 Å². The highest BCUT2D eigenvalue weighted by Gasteiger charge is 2.18. The van der Waals surface area contributed by atoms with Gasteiger partial charge in [-0.15, -0.1) is 24.0 Å². The van der Waals surface area contributed by atoms with Crippen molar-refractivity contribution < 1.29 is 0 Å². The van der Waals surface area contributed by atoms with Crippen LogP contribution in [0.3, 0.4) is 0 Å². The molecule has 0 amide bonds. The van der Waals surface area contributed by atoms with E-state index in [0.717, 1.165) is 18.4 Å². The van der Waals surface area contributed by atoms with Crippen LogP contribution >= 0.6 is 24.0 Å². The molecule has 0 radical (unpaired) electrons. The van der Waals surface area contributed by atoms with Gasteiger partial charge in [0.2, 0.25) is 0 Å². The Morgan fingerprint density at radius 3 is 2.24 bits per heavy atom. The number of guanidine groups is 1. The highest BCUT2D eigenvalue weighted by atomic mass is 127. The van der Waals surface area contributed by atoms with Gasteiger partial charge in [0, 0.05) is 12.1 Å². The van der Waals surface area contributed by atoms with Crippen LogP contribution in [0.2, 0.25) is 0 Å². The lowest BCUT2D eigenvalue weighted by Crippen LogP contribution is -2.45. The zero-order valence-electron chi connectivity index (χ0n) is 11.6. The van der Waals surface area contributed by atoms with Crippen molar-refractivity contribution in [3.63, 3.8) is 0 Å². The molecule has 17 heavy (non-hydrogen) atoms. The maximum atomic E-state index is 5.84. The van der Waals surface area contributed by atoms with Crippen LogP contribution in [0.5, 0.6) is 0 Å². The molecule has 1 fully saturated rings. The van der Waals surface area contributed by atoms with E-state index in [1.807, 2.05) is 0 Å². The molecular formula is C13H28IN3. The first-order valence-corrected chi connectivity index (χ1v) is 6.45. The first-order valence-electron chi connectivity index (χ1n) is 6.45. The van der Waals surface area contributed by atoms with Gasteiger partial charge < -0.3 is 11.1 Å².